The van der Waals surface area contributed by atoms with Crippen molar-refractivity contribution >= 4 is 5.97 Å². The van der Waals surface area contributed by atoms with E-state index in [4.69, 9.17) is 4.74 Å². The van der Waals surface area contributed by atoms with E-state index < -0.39 is 17.7 Å². The molecule has 0 aromatic carbocycles. The summed E-state index contributed by atoms with van der Waals surface area (Å²) in [6, 6.07) is 0. The Labute approximate surface area is 131 Å². The molecule has 0 saturated heterocycles. The summed E-state index contributed by atoms with van der Waals surface area (Å²) in [6.07, 6.45) is 7.28. The summed E-state index contributed by atoms with van der Waals surface area (Å²) in [5.41, 5.74) is -0.899. The van der Waals surface area contributed by atoms with Gasteiger partial charge >= 0.3 is 5.97 Å². The Bertz CT molecular complexity index is 462. The maximum Gasteiger partial charge on any atom is 0.330 e. The van der Waals surface area contributed by atoms with E-state index in [1.54, 1.807) is 6.08 Å². The molecular formula is C17H26O5. The average Bonchev–Trinajstić information content (AvgIpc) is 2.46. The minimum Gasteiger partial charge on any atom is -0.459 e. The first kappa shape index (κ1) is 18.6. The zero-order chi connectivity index (χ0) is 16.8. The first-order chi connectivity index (χ1) is 10.2. The lowest BCUT2D eigenvalue weighted by molar-refractivity contribution is -0.144. The molecule has 0 unspecified atom stereocenters. The van der Waals surface area contributed by atoms with E-state index in [2.05, 4.69) is 0 Å². The molecule has 1 aliphatic heterocycles. The van der Waals surface area contributed by atoms with Gasteiger partial charge in [0.2, 0.25) is 0 Å². The summed E-state index contributed by atoms with van der Waals surface area (Å²) in [4.78, 5) is 11.7. The van der Waals surface area contributed by atoms with Crippen molar-refractivity contribution in [2.45, 2.75) is 51.4 Å². The number of cyclic esters (lactones) is 1. The van der Waals surface area contributed by atoms with Gasteiger partial charge in [-0.05, 0) is 44.3 Å². The molecule has 0 bridgehead atoms. The molecule has 1 rings (SSSR count). The van der Waals surface area contributed by atoms with Crippen LogP contribution in [0, 0.1) is 5.92 Å². The van der Waals surface area contributed by atoms with E-state index in [0.717, 1.165) is 6.42 Å². The quantitative estimate of drug-likeness (QED) is 0.504. The second-order valence-electron chi connectivity index (χ2n) is 6.00. The van der Waals surface area contributed by atoms with Crippen LogP contribution in [0.4, 0.5) is 0 Å². The second kappa shape index (κ2) is 8.27. The van der Waals surface area contributed by atoms with E-state index in [-0.39, 0.29) is 18.6 Å². The summed E-state index contributed by atoms with van der Waals surface area (Å²) in [7, 11) is 0. The smallest absolute Gasteiger partial charge is 0.330 e. The molecule has 0 aromatic heterocycles. The van der Waals surface area contributed by atoms with Crippen LogP contribution in [0.5, 0.6) is 0 Å². The Hall–Kier alpha value is -1.43. The SMILES string of the molecule is C[C@@H]1CC/C=C(/CO)[C@@H](O)/C=C\[C@@](C)(O)/C=C\C(=O)O[C@H]1C. The first-order valence-electron chi connectivity index (χ1n) is 7.54. The number of rotatable bonds is 1. The van der Waals surface area contributed by atoms with Gasteiger partial charge in [-0.25, -0.2) is 4.79 Å². The number of allylic oxidation sites excluding steroid dienone is 1. The fraction of sp³-hybridized carbons (Fsp3) is 0.588. The number of carbonyl (C=O) groups is 1. The molecular weight excluding hydrogens is 284 g/mol. The van der Waals surface area contributed by atoms with Gasteiger partial charge < -0.3 is 20.1 Å². The highest BCUT2D eigenvalue weighted by Crippen LogP contribution is 2.18. The van der Waals surface area contributed by atoms with Crippen molar-refractivity contribution in [2.24, 2.45) is 5.92 Å². The van der Waals surface area contributed by atoms with Crippen molar-refractivity contribution in [3.8, 4) is 0 Å². The lowest BCUT2D eigenvalue weighted by atomic mass is 9.97. The molecule has 0 amide bonds. The number of aliphatic hydroxyl groups excluding tert-OH is 2. The molecule has 3 N–H and O–H groups in total. The van der Waals surface area contributed by atoms with Crippen LogP contribution in [0.2, 0.25) is 0 Å². The number of hydrogen-bond donors (Lipinski definition) is 3. The predicted molar refractivity (Wildman–Crippen MR) is 84.0 cm³/mol. The summed E-state index contributed by atoms with van der Waals surface area (Å²) in [5, 5.41) is 29.5. The molecule has 4 atom stereocenters. The zero-order valence-electron chi connectivity index (χ0n) is 13.4. The first-order valence-corrected chi connectivity index (χ1v) is 7.54. The van der Waals surface area contributed by atoms with Gasteiger partial charge in [-0.3, -0.25) is 0 Å². The van der Waals surface area contributed by atoms with Crippen molar-refractivity contribution in [3.63, 3.8) is 0 Å². The molecule has 22 heavy (non-hydrogen) atoms. The average molecular weight is 310 g/mol. The lowest BCUT2D eigenvalue weighted by Gasteiger charge is -2.21. The molecule has 1 aliphatic rings. The third-order valence-corrected chi connectivity index (χ3v) is 3.87. The molecule has 0 spiro atoms. The largest absolute Gasteiger partial charge is 0.459 e. The fourth-order valence-corrected chi connectivity index (χ4v) is 2.09. The van der Waals surface area contributed by atoms with Gasteiger partial charge in [0, 0.05) is 6.08 Å². The highest BCUT2D eigenvalue weighted by molar-refractivity contribution is 5.82. The van der Waals surface area contributed by atoms with Gasteiger partial charge in [0.15, 0.2) is 0 Å². The Morgan fingerprint density at radius 1 is 1.36 bits per heavy atom. The summed E-state index contributed by atoms with van der Waals surface area (Å²) in [6.45, 7) is 5.04. The molecule has 0 fully saturated rings. The molecule has 0 radical (unpaired) electrons. The van der Waals surface area contributed by atoms with Gasteiger partial charge in [0.05, 0.1) is 18.3 Å². The number of esters is 1. The van der Waals surface area contributed by atoms with E-state index in [9.17, 15) is 20.1 Å². The van der Waals surface area contributed by atoms with E-state index in [1.165, 1.54) is 31.2 Å². The van der Waals surface area contributed by atoms with Crippen molar-refractivity contribution in [1.29, 1.82) is 0 Å². The maximum atomic E-state index is 11.7. The topological polar surface area (TPSA) is 87.0 Å². The van der Waals surface area contributed by atoms with Gasteiger partial charge in [-0.15, -0.1) is 0 Å². The molecule has 0 saturated carbocycles. The number of ether oxygens (including phenoxy) is 1. The standard InChI is InChI=1S/C17H26O5/c1-12-5-4-6-14(11-18)15(19)7-9-17(3,21)10-8-16(20)22-13(12)2/h6-10,12-13,15,18-19,21H,4-5,11H2,1-3H3/b9-7-,10-8-,14-6-/t12-,13+,15+,17-/m1/s1. The van der Waals surface area contributed by atoms with Crippen molar-refractivity contribution in [1.82, 2.24) is 0 Å². The Kier molecular flexibility index (Phi) is 7.00. The normalized spacial score (nSPS) is 40.0. The number of carbonyl (C=O) groups excluding carboxylic acids is 1. The molecule has 124 valence electrons. The third kappa shape index (κ3) is 6.13. The van der Waals surface area contributed by atoms with Crippen LogP contribution in [-0.4, -0.2) is 45.7 Å². The van der Waals surface area contributed by atoms with Crippen molar-refractivity contribution in [3.05, 3.63) is 36.0 Å². The summed E-state index contributed by atoms with van der Waals surface area (Å²) in [5.74, 6) is -0.359. The Morgan fingerprint density at radius 3 is 2.68 bits per heavy atom. The van der Waals surface area contributed by atoms with Crippen LogP contribution in [0.25, 0.3) is 0 Å². The highest BCUT2D eigenvalue weighted by atomic mass is 16.5. The van der Waals surface area contributed by atoms with Crippen LogP contribution in [0.15, 0.2) is 36.0 Å². The predicted octanol–water partition coefficient (Wildman–Crippen LogP) is 1.49. The van der Waals surface area contributed by atoms with E-state index in [1.807, 2.05) is 13.8 Å². The maximum absolute atomic E-state index is 11.7. The minimum atomic E-state index is -1.39. The fourth-order valence-electron chi connectivity index (χ4n) is 2.09. The molecule has 0 aliphatic carbocycles. The van der Waals surface area contributed by atoms with Crippen LogP contribution in [0.1, 0.15) is 33.6 Å². The van der Waals surface area contributed by atoms with Gasteiger partial charge in [0.25, 0.3) is 0 Å². The second-order valence-corrected chi connectivity index (χ2v) is 6.00. The van der Waals surface area contributed by atoms with E-state index in [0.29, 0.717) is 12.0 Å². The summed E-state index contributed by atoms with van der Waals surface area (Å²) < 4.78 is 5.29. The molecule has 0 aromatic rings. The van der Waals surface area contributed by atoms with Crippen LogP contribution >= 0.6 is 0 Å². The van der Waals surface area contributed by atoms with Gasteiger partial charge in [0.1, 0.15) is 6.10 Å². The van der Waals surface area contributed by atoms with E-state index >= 15 is 0 Å². The third-order valence-electron chi connectivity index (χ3n) is 3.87. The molecule has 5 heteroatoms. The van der Waals surface area contributed by atoms with Crippen molar-refractivity contribution < 1.29 is 24.9 Å². The summed E-state index contributed by atoms with van der Waals surface area (Å²) >= 11 is 0. The van der Waals surface area contributed by atoms with Crippen LogP contribution in [-0.2, 0) is 9.53 Å². The highest BCUT2D eigenvalue weighted by Gasteiger charge is 2.18. The van der Waals surface area contributed by atoms with Crippen LogP contribution < -0.4 is 0 Å². The van der Waals surface area contributed by atoms with Crippen molar-refractivity contribution in [2.75, 3.05) is 6.61 Å². The molecule has 1 heterocycles. The monoisotopic (exact) mass is 310 g/mol. The lowest BCUT2D eigenvalue weighted by Crippen LogP contribution is -2.23. The Morgan fingerprint density at radius 2 is 2.05 bits per heavy atom. The molecule has 5 nitrogen and oxygen atoms in total. The zero-order valence-corrected chi connectivity index (χ0v) is 13.4. The minimum absolute atomic E-state index is 0.143. The number of aliphatic hydroxyl groups is 3. The number of hydrogen-bond acceptors (Lipinski definition) is 5. The Balaban J connectivity index is 3.03. The van der Waals surface area contributed by atoms with Gasteiger partial charge in [-0.2, -0.15) is 0 Å². The van der Waals surface area contributed by atoms with Crippen LogP contribution in [0.3, 0.4) is 0 Å². The van der Waals surface area contributed by atoms with Gasteiger partial charge in [-0.1, -0.05) is 25.2 Å².